The number of hydrogen-bond donors (Lipinski definition) is 0. The van der Waals surface area contributed by atoms with E-state index < -0.39 is 23.1 Å². The molecule has 1 amide bonds. The van der Waals surface area contributed by atoms with Gasteiger partial charge in [-0.05, 0) is 13.8 Å². The fourth-order valence-corrected chi connectivity index (χ4v) is 2.49. The van der Waals surface area contributed by atoms with Crippen LogP contribution in [0.4, 0.5) is 5.95 Å². The zero-order valence-electron chi connectivity index (χ0n) is 11.9. The molecule has 3 heterocycles. The number of carbonyl (C=O) groups is 2. The van der Waals surface area contributed by atoms with Crippen LogP contribution in [0.2, 0.25) is 0 Å². The van der Waals surface area contributed by atoms with Crippen LogP contribution in [0.1, 0.15) is 18.6 Å². The second-order valence-corrected chi connectivity index (χ2v) is 5.20. The molecule has 0 atom stereocenters. The molecule has 0 bridgehead atoms. The minimum atomic E-state index is -0.836. The van der Waals surface area contributed by atoms with Gasteiger partial charge in [-0.15, -0.1) is 0 Å². The third kappa shape index (κ3) is 1.42. The predicted molar refractivity (Wildman–Crippen MR) is 73.5 cm³/mol. The molecule has 0 fully saturated rings. The molecule has 0 saturated heterocycles. The van der Waals surface area contributed by atoms with Crippen molar-refractivity contribution in [3.8, 4) is 0 Å². The molecule has 0 N–H and O–H groups in total. The molecule has 2 aromatic heterocycles. The molecule has 9 heteroatoms. The normalized spacial score (nSPS) is 14.6. The zero-order chi connectivity index (χ0) is 15.6. The summed E-state index contributed by atoms with van der Waals surface area (Å²) in [7, 11) is 2.77. The average molecular weight is 291 g/mol. The van der Waals surface area contributed by atoms with Crippen molar-refractivity contribution >= 4 is 28.9 Å². The van der Waals surface area contributed by atoms with Crippen LogP contribution in [0.15, 0.2) is 9.59 Å². The third-order valence-corrected chi connectivity index (χ3v) is 3.58. The van der Waals surface area contributed by atoms with Crippen molar-refractivity contribution in [2.75, 3.05) is 4.90 Å². The monoisotopic (exact) mass is 291 g/mol. The highest BCUT2D eigenvalue weighted by Gasteiger charge is 2.41. The van der Waals surface area contributed by atoms with Gasteiger partial charge in [-0.2, -0.15) is 4.98 Å². The van der Waals surface area contributed by atoms with Gasteiger partial charge in [-0.3, -0.25) is 28.4 Å². The average Bonchev–Trinajstić information content (AvgIpc) is 2.91. The van der Waals surface area contributed by atoms with Crippen LogP contribution in [0, 0.1) is 0 Å². The van der Waals surface area contributed by atoms with Crippen LogP contribution in [-0.2, 0) is 18.9 Å². The van der Waals surface area contributed by atoms with E-state index >= 15 is 0 Å². The Morgan fingerprint density at radius 1 is 0.952 bits per heavy atom. The first-order chi connectivity index (χ1) is 9.77. The standard InChI is InChI=1S/C12H13N5O4/c1-5(2)16-9(19)10(20)17-6-7(13-11(16)17)14(3)12(21)15(4)8(6)18/h5H,1-4H3. The number of aryl methyl sites for hydroxylation is 1. The Balaban J connectivity index is 2.54. The van der Waals surface area contributed by atoms with Gasteiger partial charge in [0.2, 0.25) is 5.95 Å². The molecule has 21 heavy (non-hydrogen) atoms. The summed E-state index contributed by atoms with van der Waals surface area (Å²) in [6.07, 6.45) is 0. The summed E-state index contributed by atoms with van der Waals surface area (Å²) in [5, 5.41) is 0. The van der Waals surface area contributed by atoms with Crippen LogP contribution >= 0.6 is 0 Å². The zero-order valence-corrected chi connectivity index (χ0v) is 11.9. The third-order valence-electron chi connectivity index (χ3n) is 3.58. The van der Waals surface area contributed by atoms with E-state index in [0.29, 0.717) is 0 Å². The number of rotatable bonds is 1. The molecule has 9 nitrogen and oxygen atoms in total. The molecule has 2 aromatic rings. The van der Waals surface area contributed by atoms with Gasteiger partial charge in [0.1, 0.15) is 0 Å². The second kappa shape index (κ2) is 3.90. The SMILES string of the molecule is CC(C)N1C(=O)C(=O)n2c1nc1c2c(=O)n(C)c(=O)n1C. The molecule has 0 aromatic carbocycles. The van der Waals surface area contributed by atoms with E-state index in [9.17, 15) is 19.2 Å². The fourth-order valence-electron chi connectivity index (χ4n) is 2.49. The number of hydrogen-bond acceptors (Lipinski definition) is 5. The van der Waals surface area contributed by atoms with Crippen LogP contribution < -0.4 is 16.1 Å². The number of carbonyl (C=O) groups excluding carboxylic acids is 2. The Hall–Kier alpha value is -2.71. The summed E-state index contributed by atoms with van der Waals surface area (Å²) >= 11 is 0. The van der Waals surface area contributed by atoms with Crippen LogP contribution in [0.3, 0.4) is 0 Å². The molecule has 0 spiro atoms. The highest BCUT2D eigenvalue weighted by atomic mass is 16.2. The molecule has 0 radical (unpaired) electrons. The Bertz CT molecular complexity index is 930. The van der Waals surface area contributed by atoms with Gasteiger partial charge >= 0.3 is 17.5 Å². The van der Waals surface area contributed by atoms with E-state index in [4.69, 9.17) is 0 Å². The van der Waals surface area contributed by atoms with Crippen molar-refractivity contribution in [3.05, 3.63) is 20.8 Å². The maximum absolute atomic E-state index is 12.3. The molecule has 0 aliphatic carbocycles. The quantitative estimate of drug-likeness (QED) is 0.616. The van der Waals surface area contributed by atoms with Crippen molar-refractivity contribution in [1.82, 2.24) is 18.7 Å². The Morgan fingerprint density at radius 3 is 2.14 bits per heavy atom. The van der Waals surface area contributed by atoms with Gasteiger partial charge in [-0.1, -0.05) is 0 Å². The maximum atomic E-state index is 12.3. The van der Waals surface area contributed by atoms with Crippen LogP contribution in [-0.4, -0.2) is 36.5 Å². The lowest BCUT2D eigenvalue weighted by atomic mass is 10.3. The minimum Gasteiger partial charge on any atom is -0.279 e. The van der Waals surface area contributed by atoms with E-state index in [2.05, 4.69) is 4.98 Å². The lowest BCUT2D eigenvalue weighted by Gasteiger charge is -2.16. The number of aromatic nitrogens is 4. The van der Waals surface area contributed by atoms with Crippen molar-refractivity contribution in [2.45, 2.75) is 19.9 Å². The number of nitrogens with zero attached hydrogens (tertiary/aromatic N) is 5. The summed E-state index contributed by atoms with van der Waals surface area (Å²) in [5.74, 6) is -1.49. The van der Waals surface area contributed by atoms with Crippen molar-refractivity contribution in [1.29, 1.82) is 0 Å². The number of imidazole rings is 1. The van der Waals surface area contributed by atoms with Gasteiger partial charge in [0.25, 0.3) is 5.56 Å². The first-order valence-electron chi connectivity index (χ1n) is 6.33. The Labute approximate surface area is 118 Å². The fraction of sp³-hybridized carbons (Fsp3) is 0.417. The van der Waals surface area contributed by atoms with Gasteiger partial charge < -0.3 is 0 Å². The molecular formula is C12H13N5O4. The van der Waals surface area contributed by atoms with Gasteiger partial charge in [0.05, 0.1) is 0 Å². The van der Waals surface area contributed by atoms with E-state index in [0.717, 1.165) is 9.13 Å². The Morgan fingerprint density at radius 2 is 1.57 bits per heavy atom. The summed E-state index contributed by atoms with van der Waals surface area (Å²) < 4.78 is 3.05. The minimum absolute atomic E-state index is 0.0592. The molecule has 1 aliphatic heterocycles. The predicted octanol–water partition coefficient (Wildman–Crippen LogP) is -1.17. The van der Waals surface area contributed by atoms with Crippen LogP contribution in [0.25, 0.3) is 11.2 Å². The summed E-state index contributed by atoms with van der Waals surface area (Å²) in [6, 6.07) is -0.291. The van der Waals surface area contributed by atoms with E-state index in [1.807, 2.05) is 0 Å². The summed E-state index contributed by atoms with van der Waals surface area (Å²) in [4.78, 5) is 53.7. The molecule has 0 saturated carbocycles. The topological polar surface area (TPSA) is 99.2 Å². The first kappa shape index (κ1) is 13.3. The highest BCUT2D eigenvalue weighted by molar-refractivity contribution is 6.45. The molecule has 110 valence electrons. The van der Waals surface area contributed by atoms with Crippen molar-refractivity contribution in [3.63, 3.8) is 0 Å². The molecule has 0 unspecified atom stereocenters. The lowest BCUT2D eigenvalue weighted by molar-refractivity contribution is -0.114. The summed E-state index contributed by atoms with van der Waals surface area (Å²) in [5.41, 5.74) is -1.17. The van der Waals surface area contributed by atoms with E-state index in [1.165, 1.54) is 23.6 Å². The lowest BCUT2D eigenvalue weighted by Crippen LogP contribution is -2.39. The maximum Gasteiger partial charge on any atom is 0.332 e. The van der Waals surface area contributed by atoms with Gasteiger partial charge in [0.15, 0.2) is 11.2 Å². The van der Waals surface area contributed by atoms with Gasteiger partial charge in [-0.25, -0.2) is 9.36 Å². The van der Waals surface area contributed by atoms with Crippen LogP contribution in [0.5, 0.6) is 0 Å². The number of amides is 1. The molecular weight excluding hydrogens is 278 g/mol. The van der Waals surface area contributed by atoms with Crippen molar-refractivity contribution < 1.29 is 9.59 Å². The number of fused-ring (bicyclic) bond motifs is 3. The largest absolute Gasteiger partial charge is 0.332 e. The number of anilines is 1. The smallest absolute Gasteiger partial charge is 0.279 e. The molecule has 1 aliphatic rings. The van der Waals surface area contributed by atoms with Crippen molar-refractivity contribution in [2.24, 2.45) is 14.1 Å². The summed E-state index contributed by atoms with van der Waals surface area (Å²) in [6.45, 7) is 3.47. The Kier molecular flexibility index (Phi) is 2.47. The van der Waals surface area contributed by atoms with Gasteiger partial charge in [0, 0.05) is 20.1 Å². The molecule has 3 rings (SSSR count). The second-order valence-electron chi connectivity index (χ2n) is 5.20. The van der Waals surface area contributed by atoms with E-state index in [-0.39, 0.29) is 23.2 Å². The highest BCUT2D eigenvalue weighted by Crippen LogP contribution is 2.27. The first-order valence-corrected chi connectivity index (χ1v) is 6.33. The van der Waals surface area contributed by atoms with E-state index in [1.54, 1.807) is 13.8 Å².